The van der Waals surface area contributed by atoms with Crippen molar-refractivity contribution in [3.63, 3.8) is 0 Å². The number of rotatable bonds is 4. The lowest BCUT2D eigenvalue weighted by Crippen LogP contribution is -2.16. The Kier molecular flexibility index (Phi) is 3.20. The van der Waals surface area contributed by atoms with Crippen molar-refractivity contribution in [3.8, 4) is 21.5 Å². The quantitative estimate of drug-likeness (QED) is 0.571. The molecule has 0 saturated carbocycles. The van der Waals surface area contributed by atoms with Crippen molar-refractivity contribution >= 4 is 22.7 Å². The molecule has 0 bridgehead atoms. The molecule has 4 heterocycles. The SMILES string of the molecule is O=c1oc(-c2cccs2)nn1Cc1nc(-c2cccs2)no1. The molecule has 0 aliphatic carbocycles. The molecule has 0 atom stereocenters. The van der Waals surface area contributed by atoms with E-state index in [1.165, 1.54) is 27.4 Å². The third kappa shape index (κ3) is 2.40. The number of aromatic nitrogens is 4. The third-order valence-corrected chi connectivity index (χ3v) is 4.56. The lowest BCUT2D eigenvalue weighted by molar-refractivity contribution is 0.360. The fourth-order valence-electron chi connectivity index (χ4n) is 1.86. The Morgan fingerprint density at radius 2 is 1.91 bits per heavy atom. The van der Waals surface area contributed by atoms with Crippen LogP contribution >= 0.6 is 22.7 Å². The van der Waals surface area contributed by atoms with Crippen molar-refractivity contribution in [2.75, 3.05) is 0 Å². The lowest BCUT2D eigenvalue weighted by Gasteiger charge is -1.90. The van der Waals surface area contributed by atoms with E-state index >= 15 is 0 Å². The molecule has 4 rings (SSSR count). The molecule has 0 saturated heterocycles. The summed E-state index contributed by atoms with van der Waals surface area (Å²) in [7, 11) is 0. The zero-order chi connectivity index (χ0) is 14.9. The second kappa shape index (κ2) is 5.35. The van der Waals surface area contributed by atoms with Crippen LogP contribution in [0.15, 0.2) is 48.8 Å². The minimum atomic E-state index is -0.556. The van der Waals surface area contributed by atoms with Crippen LogP contribution in [0.25, 0.3) is 21.5 Å². The molecule has 0 unspecified atom stereocenters. The molecule has 0 aliphatic heterocycles. The van der Waals surface area contributed by atoms with Gasteiger partial charge < -0.3 is 8.94 Å². The van der Waals surface area contributed by atoms with E-state index in [2.05, 4.69) is 15.2 Å². The van der Waals surface area contributed by atoms with Crippen LogP contribution in [0, 0.1) is 0 Å². The molecule has 0 spiro atoms. The average molecular weight is 332 g/mol. The Bertz CT molecular complexity index is 934. The van der Waals surface area contributed by atoms with Crippen molar-refractivity contribution in [2.45, 2.75) is 6.54 Å². The maximum atomic E-state index is 11.8. The van der Waals surface area contributed by atoms with E-state index in [0.29, 0.717) is 11.7 Å². The number of thiophene rings is 2. The first-order valence-corrected chi connectivity index (χ1v) is 8.04. The summed E-state index contributed by atoms with van der Waals surface area (Å²) in [6.45, 7) is 0.0755. The molecule has 0 amide bonds. The van der Waals surface area contributed by atoms with E-state index in [-0.39, 0.29) is 12.4 Å². The summed E-state index contributed by atoms with van der Waals surface area (Å²) in [5.41, 5.74) is 0. The summed E-state index contributed by atoms with van der Waals surface area (Å²) in [4.78, 5) is 17.8. The molecular formula is C13H8N4O3S2. The maximum absolute atomic E-state index is 11.8. The van der Waals surface area contributed by atoms with E-state index in [1.54, 1.807) is 0 Å². The molecule has 0 N–H and O–H groups in total. The second-order valence-electron chi connectivity index (χ2n) is 4.30. The fraction of sp³-hybridized carbons (Fsp3) is 0.0769. The van der Waals surface area contributed by atoms with Gasteiger partial charge in [-0.3, -0.25) is 0 Å². The standard InChI is InChI=1S/C13H8N4O3S2/c18-13-17(15-12(19-13)9-4-2-6-22-9)7-10-14-11(16-20-10)8-3-1-5-21-8/h1-6H,7H2. The molecule has 4 aromatic heterocycles. The predicted octanol–water partition coefficient (Wildman–Crippen LogP) is 2.72. The zero-order valence-electron chi connectivity index (χ0n) is 11.0. The Morgan fingerprint density at radius 1 is 1.14 bits per heavy atom. The van der Waals surface area contributed by atoms with Crippen LogP contribution in [-0.4, -0.2) is 19.9 Å². The molecule has 22 heavy (non-hydrogen) atoms. The van der Waals surface area contributed by atoms with Crippen LogP contribution in [0.5, 0.6) is 0 Å². The van der Waals surface area contributed by atoms with E-state index in [0.717, 1.165) is 9.75 Å². The van der Waals surface area contributed by atoms with Gasteiger partial charge in [0.15, 0.2) is 0 Å². The molecule has 9 heteroatoms. The van der Waals surface area contributed by atoms with Crippen LogP contribution in [0.2, 0.25) is 0 Å². The van der Waals surface area contributed by atoms with E-state index < -0.39 is 5.76 Å². The van der Waals surface area contributed by atoms with E-state index in [1.807, 2.05) is 35.0 Å². The predicted molar refractivity (Wildman–Crippen MR) is 80.8 cm³/mol. The van der Waals surface area contributed by atoms with Gasteiger partial charge in [-0.1, -0.05) is 17.3 Å². The fourth-order valence-corrected chi connectivity index (χ4v) is 3.15. The zero-order valence-corrected chi connectivity index (χ0v) is 12.6. The van der Waals surface area contributed by atoms with Gasteiger partial charge in [0.1, 0.15) is 6.54 Å². The van der Waals surface area contributed by atoms with Crippen LogP contribution in [0.4, 0.5) is 0 Å². The highest BCUT2D eigenvalue weighted by Gasteiger charge is 2.15. The molecule has 4 aromatic rings. The Balaban J connectivity index is 1.60. The molecular weight excluding hydrogens is 324 g/mol. The minimum absolute atomic E-state index is 0.0755. The maximum Gasteiger partial charge on any atom is 0.437 e. The van der Waals surface area contributed by atoms with Gasteiger partial charge >= 0.3 is 5.76 Å². The first kappa shape index (κ1) is 13.2. The van der Waals surface area contributed by atoms with Crippen LogP contribution in [0.3, 0.4) is 0 Å². The summed E-state index contributed by atoms with van der Waals surface area (Å²) >= 11 is 2.96. The molecule has 0 fully saturated rings. The first-order valence-electron chi connectivity index (χ1n) is 6.28. The Morgan fingerprint density at radius 3 is 2.64 bits per heavy atom. The monoisotopic (exact) mass is 332 g/mol. The average Bonchev–Trinajstić information content (AvgIpc) is 3.28. The highest BCUT2D eigenvalue weighted by Crippen LogP contribution is 2.22. The number of nitrogens with zero attached hydrogens (tertiary/aromatic N) is 4. The van der Waals surface area contributed by atoms with Crippen molar-refractivity contribution in [3.05, 3.63) is 51.5 Å². The van der Waals surface area contributed by atoms with Crippen LogP contribution < -0.4 is 5.76 Å². The van der Waals surface area contributed by atoms with Crippen molar-refractivity contribution in [1.82, 2.24) is 19.9 Å². The van der Waals surface area contributed by atoms with Gasteiger partial charge in [0, 0.05) is 0 Å². The van der Waals surface area contributed by atoms with Gasteiger partial charge in [0.25, 0.3) is 5.89 Å². The molecule has 0 radical (unpaired) electrons. The van der Waals surface area contributed by atoms with E-state index in [4.69, 9.17) is 8.94 Å². The van der Waals surface area contributed by atoms with E-state index in [9.17, 15) is 4.79 Å². The van der Waals surface area contributed by atoms with Crippen molar-refractivity contribution < 1.29 is 8.94 Å². The number of hydrogen-bond acceptors (Lipinski definition) is 8. The smallest absolute Gasteiger partial charge is 0.387 e. The summed E-state index contributed by atoms with van der Waals surface area (Å²) in [6, 6.07) is 7.51. The van der Waals surface area contributed by atoms with Gasteiger partial charge in [0.05, 0.1) is 9.75 Å². The topological polar surface area (TPSA) is 87.0 Å². The third-order valence-electron chi connectivity index (χ3n) is 2.83. The molecule has 0 aromatic carbocycles. The summed E-state index contributed by atoms with van der Waals surface area (Å²) in [5, 5.41) is 11.9. The normalized spacial score (nSPS) is 11.1. The van der Waals surface area contributed by atoms with Crippen LogP contribution in [-0.2, 0) is 6.54 Å². The van der Waals surface area contributed by atoms with Crippen molar-refractivity contribution in [2.24, 2.45) is 0 Å². The number of hydrogen-bond donors (Lipinski definition) is 0. The lowest BCUT2D eigenvalue weighted by atomic mass is 10.4. The van der Waals surface area contributed by atoms with Gasteiger partial charge in [-0.05, 0) is 22.9 Å². The van der Waals surface area contributed by atoms with Crippen molar-refractivity contribution in [1.29, 1.82) is 0 Å². The first-order chi connectivity index (χ1) is 10.8. The van der Waals surface area contributed by atoms with Crippen LogP contribution in [0.1, 0.15) is 5.89 Å². The molecule has 0 aliphatic rings. The highest BCUT2D eigenvalue weighted by molar-refractivity contribution is 7.13. The van der Waals surface area contributed by atoms with Gasteiger partial charge in [0.2, 0.25) is 11.7 Å². The van der Waals surface area contributed by atoms with Gasteiger partial charge in [-0.2, -0.15) is 9.67 Å². The largest absolute Gasteiger partial charge is 0.437 e. The summed E-state index contributed by atoms with van der Waals surface area (Å²) in [6.07, 6.45) is 0. The molecule has 110 valence electrons. The second-order valence-corrected chi connectivity index (χ2v) is 6.19. The Hall–Kier alpha value is -2.52. The minimum Gasteiger partial charge on any atom is -0.387 e. The highest BCUT2D eigenvalue weighted by atomic mass is 32.1. The Labute approximate surface area is 131 Å². The van der Waals surface area contributed by atoms with Gasteiger partial charge in [-0.25, -0.2) is 4.79 Å². The summed E-state index contributed by atoms with van der Waals surface area (Å²) < 4.78 is 11.5. The summed E-state index contributed by atoms with van der Waals surface area (Å²) in [5.74, 6) is 0.536. The molecule has 7 nitrogen and oxygen atoms in total. The van der Waals surface area contributed by atoms with Gasteiger partial charge in [-0.15, -0.1) is 27.8 Å².